The molecule has 1 fully saturated rings. The minimum atomic E-state index is -0.564. The fourth-order valence-corrected chi connectivity index (χ4v) is 3.25. The molecule has 0 aromatic heterocycles. The Labute approximate surface area is 171 Å². The summed E-state index contributed by atoms with van der Waals surface area (Å²) < 4.78 is 14.5. The molecule has 0 aromatic rings. The highest BCUT2D eigenvalue weighted by Crippen LogP contribution is 2.22. The summed E-state index contributed by atoms with van der Waals surface area (Å²) in [6.07, 6.45) is 9.55. The summed E-state index contributed by atoms with van der Waals surface area (Å²) in [5.74, 6) is 0.316. The van der Waals surface area contributed by atoms with Crippen LogP contribution < -0.4 is 11.5 Å². The lowest BCUT2D eigenvalue weighted by Gasteiger charge is -2.29. The molecule has 0 aliphatic carbocycles. The highest BCUT2D eigenvalue weighted by atomic mass is 19.1. The zero-order chi connectivity index (χ0) is 21.4. The molecular formula is C21H30FN7. The van der Waals surface area contributed by atoms with Gasteiger partial charge in [-0.1, -0.05) is 6.58 Å². The van der Waals surface area contributed by atoms with Crippen LogP contribution in [-0.4, -0.2) is 68.0 Å². The Balaban J connectivity index is 2.43. The Morgan fingerprint density at radius 1 is 1.41 bits per heavy atom. The number of aliphatic imine (C=N–C) groups is 2. The molecule has 0 atom stereocenters. The van der Waals surface area contributed by atoms with Crippen LogP contribution in [0.5, 0.6) is 0 Å². The molecule has 0 radical (unpaired) electrons. The fourth-order valence-electron chi connectivity index (χ4n) is 3.25. The van der Waals surface area contributed by atoms with Crippen LogP contribution in [0.25, 0.3) is 0 Å². The third kappa shape index (κ3) is 5.29. The van der Waals surface area contributed by atoms with Gasteiger partial charge in [0.1, 0.15) is 18.3 Å². The number of nitrogens with one attached hydrogen (secondary N) is 1. The lowest BCUT2D eigenvalue weighted by molar-refractivity contribution is 0.431. The molecule has 0 unspecified atom stereocenters. The first-order valence-corrected chi connectivity index (χ1v) is 9.55. The first-order valence-electron chi connectivity index (χ1n) is 9.55. The van der Waals surface area contributed by atoms with Gasteiger partial charge in [-0.2, -0.15) is 0 Å². The molecule has 156 valence electrons. The van der Waals surface area contributed by atoms with E-state index in [1.807, 2.05) is 18.0 Å². The minimum Gasteiger partial charge on any atom is -0.404 e. The quantitative estimate of drug-likeness (QED) is 0.450. The predicted octanol–water partition coefficient (Wildman–Crippen LogP) is 2.13. The maximum atomic E-state index is 14.5. The van der Waals surface area contributed by atoms with E-state index in [2.05, 4.69) is 21.5 Å². The smallest absolute Gasteiger partial charge is 0.130 e. The van der Waals surface area contributed by atoms with Gasteiger partial charge >= 0.3 is 0 Å². The molecule has 2 rings (SSSR count). The van der Waals surface area contributed by atoms with E-state index < -0.39 is 5.83 Å². The molecular weight excluding hydrogens is 369 g/mol. The highest BCUT2D eigenvalue weighted by molar-refractivity contribution is 6.14. The Morgan fingerprint density at radius 2 is 2.10 bits per heavy atom. The van der Waals surface area contributed by atoms with Crippen LogP contribution in [0.1, 0.15) is 12.8 Å². The number of allylic oxidation sites excluding steroid dienone is 6. The summed E-state index contributed by atoms with van der Waals surface area (Å²) in [4.78, 5) is 12.6. The van der Waals surface area contributed by atoms with Crippen molar-refractivity contribution in [3.8, 4) is 0 Å². The van der Waals surface area contributed by atoms with Gasteiger partial charge in [-0.3, -0.25) is 10.4 Å². The summed E-state index contributed by atoms with van der Waals surface area (Å²) in [6.45, 7) is 5.95. The first kappa shape index (κ1) is 22.3. The lowest BCUT2D eigenvalue weighted by Crippen LogP contribution is -2.36. The second-order valence-corrected chi connectivity index (χ2v) is 6.80. The maximum absolute atomic E-state index is 14.5. The van der Waals surface area contributed by atoms with Crippen molar-refractivity contribution >= 4 is 17.8 Å². The molecule has 0 saturated carbocycles. The SMILES string of the molecule is C=C/C(F)=C(\C=C(/CN)C(=N)C1=CC(N2CCCC2)=NCN1C)C(C=NC)=CN. The molecule has 2 aliphatic rings. The molecule has 7 nitrogen and oxygen atoms in total. The van der Waals surface area contributed by atoms with Crippen LogP contribution in [0.2, 0.25) is 0 Å². The Bertz CT molecular complexity index is 824. The van der Waals surface area contributed by atoms with E-state index in [0.717, 1.165) is 37.8 Å². The molecule has 0 spiro atoms. The predicted molar refractivity (Wildman–Crippen MR) is 119 cm³/mol. The second-order valence-electron chi connectivity index (χ2n) is 6.80. The normalized spacial score (nSPS) is 19.3. The fraction of sp³-hybridized carbons (Fsp3) is 0.381. The monoisotopic (exact) mass is 399 g/mol. The molecule has 1 saturated heterocycles. The first-order chi connectivity index (χ1) is 14.0. The van der Waals surface area contributed by atoms with Gasteiger partial charge in [-0.15, -0.1) is 0 Å². The average Bonchev–Trinajstić information content (AvgIpc) is 3.27. The topological polar surface area (TPSA) is 107 Å². The standard InChI is InChI=1S/C21H30FN7/c1-4-18(22)17(16(12-24)13-26-2)9-15(11-23)21(25)19-10-20(27-14-28(19)3)29-7-5-6-8-29/h4,9-10,12-13,25H,1,5-8,11,14,23-24H2,2-3H3/b15-9+,16-12?,18-17-,25-21?,26-13?. The average molecular weight is 400 g/mol. The zero-order valence-corrected chi connectivity index (χ0v) is 17.2. The van der Waals surface area contributed by atoms with Crippen LogP contribution in [0, 0.1) is 5.41 Å². The van der Waals surface area contributed by atoms with Gasteiger partial charge in [0, 0.05) is 63.4 Å². The van der Waals surface area contributed by atoms with Crippen molar-refractivity contribution in [2.24, 2.45) is 21.5 Å². The summed E-state index contributed by atoms with van der Waals surface area (Å²) >= 11 is 0. The minimum absolute atomic E-state index is 0.0647. The summed E-state index contributed by atoms with van der Waals surface area (Å²) in [6, 6.07) is 0. The highest BCUT2D eigenvalue weighted by Gasteiger charge is 2.23. The van der Waals surface area contributed by atoms with E-state index in [1.165, 1.54) is 18.5 Å². The van der Waals surface area contributed by atoms with E-state index in [4.69, 9.17) is 16.9 Å². The van der Waals surface area contributed by atoms with Crippen LogP contribution in [0.15, 0.2) is 69.2 Å². The largest absolute Gasteiger partial charge is 0.404 e. The van der Waals surface area contributed by atoms with Crippen LogP contribution in [0.4, 0.5) is 4.39 Å². The van der Waals surface area contributed by atoms with Gasteiger partial charge in [0.15, 0.2) is 0 Å². The third-order valence-corrected chi connectivity index (χ3v) is 4.86. The van der Waals surface area contributed by atoms with Crippen LogP contribution >= 0.6 is 0 Å². The lowest BCUT2D eigenvalue weighted by atomic mass is 9.98. The molecule has 2 heterocycles. The van der Waals surface area contributed by atoms with Gasteiger partial charge in [-0.25, -0.2) is 9.38 Å². The summed E-state index contributed by atoms with van der Waals surface area (Å²) in [5.41, 5.74) is 13.6. The van der Waals surface area contributed by atoms with Gasteiger partial charge in [0.05, 0.1) is 11.4 Å². The van der Waals surface area contributed by atoms with Gasteiger partial charge in [0.2, 0.25) is 0 Å². The van der Waals surface area contributed by atoms with Crippen molar-refractivity contribution in [2.75, 3.05) is 40.4 Å². The number of hydrogen-bond donors (Lipinski definition) is 3. The molecule has 2 aliphatic heterocycles. The molecule has 0 amide bonds. The Kier molecular flexibility index (Phi) is 8.09. The van der Waals surface area contributed by atoms with Gasteiger partial charge in [-0.05, 0) is 30.6 Å². The van der Waals surface area contributed by atoms with Crippen molar-refractivity contribution in [3.05, 3.63) is 59.3 Å². The van der Waals surface area contributed by atoms with E-state index in [0.29, 0.717) is 23.5 Å². The van der Waals surface area contributed by atoms with E-state index >= 15 is 0 Å². The number of rotatable bonds is 7. The molecule has 8 heteroatoms. The van der Waals surface area contributed by atoms with Gasteiger partial charge < -0.3 is 21.3 Å². The second kappa shape index (κ2) is 10.5. The molecule has 5 N–H and O–H groups in total. The summed E-state index contributed by atoms with van der Waals surface area (Å²) in [5, 5.41) is 8.74. The van der Waals surface area contributed by atoms with Crippen molar-refractivity contribution in [1.82, 2.24) is 9.80 Å². The van der Waals surface area contributed by atoms with Gasteiger partial charge in [0.25, 0.3) is 0 Å². The van der Waals surface area contributed by atoms with E-state index in [1.54, 1.807) is 7.05 Å². The third-order valence-electron chi connectivity index (χ3n) is 4.86. The Hall–Kier alpha value is -3.00. The number of nitrogens with zero attached hydrogens (tertiary/aromatic N) is 4. The number of hydrogen-bond acceptors (Lipinski definition) is 7. The molecule has 29 heavy (non-hydrogen) atoms. The van der Waals surface area contributed by atoms with E-state index in [9.17, 15) is 4.39 Å². The zero-order valence-electron chi connectivity index (χ0n) is 17.2. The maximum Gasteiger partial charge on any atom is 0.130 e. The summed E-state index contributed by atoms with van der Waals surface area (Å²) in [7, 11) is 3.44. The number of amidine groups is 1. The number of halogens is 1. The molecule has 0 bridgehead atoms. The van der Waals surface area contributed by atoms with Crippen molar-refractivity contribution in [2.45, 2.75) is 12.8 Å². The van der Waals surface area contributed by atoms with E-state index in [-0.39, 0.29) is 17.8 Å². The molecule has 0 aromatic carbocycles. The number of nitrogens with two attached hydrogens (primary N) is 2. The van der Waals surface area contributed by atoms with Crippen LogP contribution in [-0.2, 0) is 0 Å². The van der Waals surface area contributed by atoms with Crippen LogP contribution in [0.3, 0.4) is 0 Å². The van der Waals surface area contributed by atoms with Crippen molar-refractivity contribution < 1.29 is 4.39 Å². The van der Waals surface area contributed by atoms with Crippen molar-refractivity contribution in [3.63, 3.8) is 0 Å². The number of likely N-dealkylation sites (tertiary alicyclic amines) is 1. The Morgan fingerprint density at radius 3 is 2.66 bits per heavy atom. The van der Waals surface area contributed by atoms with Crippen molar-refractivity contribution in [1.29, 1.82) is 5.41 Å².